The Balaban J connectivity index is 1.60. The second-order valence-corrected chi connectivity index (χ2v) is 8.08. The first-order valence-corrected chi connectivity index (χ1v) is 10.8. The van der Waals surface area contributed by atoms with Gasteiger partial charge in [-0.05, 0) is 78.7 Å². The lowest BCUT2D eigenvalue weighted by atomic mass is 10.1. The van der Waals surface area contributed by atoms with E-state index in [0.717, 1.165) is 39.1 Å². The van der Waals surface area contributed by atoms with Crippen molar-refractivity contribution in [3.63, 3.8) is 0 Å². The summed E-state index contributed by atoms with van der Waals surface area (Å²) >= 11 is 0. The van der Waals surface area contributed by atoms with Crippen LogP contribution >= 0.6 is 0 Å². The summed E-state index contributed by atoms with van der Waals surface area (Å²) in [6.45, 7) is 5.37. The molecule has 2 N–H and O–H groups in total. The van der Waals surface area contributed by atoms with E-state index in [9.17, 15) is 14.9 Å². The van der Waals surface area contributed by atoms with Crippen LogP contribution in [0.3, 0.4) is 0 Å². The fourth-order valence-electron chi connectivity index (χ4n) is 4.00. The van der Waals surface area contributed by atoms with E-state index in [-0.39, 0.29) is 11.5 Å². The third kappa shape index (κ3) is 4.74. The zero-order valence-corrected chi connectivity index (χ0v) is 19.2. The van der Waals surface area contributed by atoms with Crippen LogP contribution in [0.25, 0.3) is 22.5 Å². The maximum absolute atomic E-state index is 12.8. The molecule has 0 unspecified atom stereocenters. The predicted octanol–water partition coefficient (Wildman–Crippen LogP) is 5.75. The molecule has 6 nitrogen and oxygen atoms in total. The molecule has 0 saturated heterocycles. The number of nitrogens with one attached hydrogen (secondary N) is 2. The summed E-state index contributed by atoms with van der Waals surface area (Å²) < 4.78 is 2.04. The number of hydrogen-bond donors (Lipinski definition) is 2. The number of aryl methyl sites for hydroxylation is 1. The molecule has 34 heavy (non-hydrogen) atoms. The van der Waals surface area contributed by atoms with Crippen LogP contribution in [0, 0.1) is 25.2 Å². The molecule has 0 saturated carbocycles. The number of hydrogen-bond acceptors (Lipinski definition) is 3. The highest BCUT2D eigenvalue weighted by Gasteiger charge is 2.14. The van der Waals surface area contributed by atoms with Gasteiger partial charge in [0.05, 0.1) is 0 Å². The van der Waals surface area contributed by atoms with E-state index in [1.54, 1.807) is 6.08 Å². The van der Waals surface area contributed by atoms with Crippen molar-refractivity contribution in [2.24, 2.45) is 0 Å². The molecule has 1 heterocycles. The molecule has 4 rings (SSSR count). The maximum atomic E-state index is 12.8. The Kier molecular flexibility index (Phi) is 6.28. The monoisotopic (exact) mass is 448 g/mol. The van der Waals surface area contributed by atoms with Gasteiger partial charge in [-0.1, -0.05) is 30.3 Å². The Morgan fingerprint density at radius 1 is 0.882 bits per heavy atom. The van der Waals surface area contributed by atoms with Gasteiger partial charge in [-0.2, -0.15) is 5.26 Å². The van der Waals surface area contributed by atoms with Gasteiger partial charge in [0, 0.05) is 35.4 Å². The number of fused-ring (bicyclic) bond motifs is 1. The van der Waals surface area contributed by atoms with Crippen LogP contribution in [0.1, 0.15) is 23.9 Å². The fraction of sp³-hybridized carbons (Fsp3) is 0.107. The smallest absolute Gasteiger partial charge is 0.266 e. The minimum absolute atomic E-state index is 0.0226. The molecule has 3 aromatic carbocycles. The minimum atomic E-state index is -0.456. The molecule has 0 fully saturated rings. The summed E-state index contributed by atoms with van der Waals surface area (Å²) in [5.74, 6) is -0.582. The van der Waals surface area contributed by atoms with Gasteiger partial charge in [0.1, 0.15) is 11.6 Å². The summed E-state index contributed by atoms with van der Waals surface area (Å²) in [6, 6.07) is 25.0. The highest BCUT2D eigenvalue weighted by Crippen LogP contribution is 2.25. The summed E-state index contributed by atoms with van der Waals surface area (Å²) in [5, 5.41) is 17.3. The number of aromatic nitrogens is 1. The van der Waals surface area contributed by atoms with Crippen molar-refractivity contribution in [3.05, 3.63) is 95.3 Å². The molecule has 2 amide bonds. The zero-order valence-electron chi connectivity index (χ0n) is 19.2. The second kappa shape index (κ2) is 9.47. The molecule has 0 aliphatic rings. The summed E-state index contributed by atoms with van der Waals surface area (Å²) in [4.78, 5) is 24.1. The van der Waals surface area contributed by atoms with Crippen LogP contribution in [0.15, 0.2) is 78.4 Å². The Hall–Kier alpha value is -4.63. The van der Waals surface area contributed by atoms with Gasteiger partial charge < -0.3 is 15.2 Å². The average Bonchev–Trinajstić information content (AvgIpc) is 3.10. The molecule has 0 atom stereocenters. The van der Waals surface area contributed by atoms with E-state index in [0.29, 0.717) is 5.69 Å². The third-order valence-corrected chi connectivity index (χ3v) is 5.59. The third-order valence-electron chi connectivity index (χ3n) is 5.59. The number of anilines is 2. The number of rotatable bonds is 5. The number of amides is 2. The van der Waals surface area contributed by atoms with Crippen LogP contribution in [0.4, 0.5) is 11.4 Å². The van der Waals surface area contributed by atoms with Gasteiger partial charge in [0.15, 0.2) is 0 Å². The van der Waals surface area contributed by atoms with Crippen LogP contribution in [0.5, 0.6) is 0 Å². The van der Waals surface area contributed by atoms with Gasteiger partial charge in [-0.15, -0.1) is 0 Å². The molecule has 0 radical (unpaired) electrons. The number of nitrogens with zero attached hydrogens (tertiary/aromatic N) is 2. The number of benzene rings is 3. The number of carbonyl (C=O) groups is 2. The molecule has 0 spiro atoms. The Bertz CT molecular complexity index is 1470. The predicted molar refractivity (Wildman–Crippen MR) is 136 cm³/mol. The number of carbonyl (C=O) groups excluding carboxylic acids is 2. The van der Waals surface area contributed by atoms with Crippen molar-refractivity contribution in [3.8, 4) is 11.8 Å². The Morgan fingerprint density at radius 2 is 1.56 bits per heavy atom. The lowest BCUT2D eigenvalue weighted by Gasteiger charge is -2.11. The van der Waals surface area contributed by atoms with E-state index in [4.69, 9.17) is 0 Å². The van der Waals surface area contributed by atoms with Crippen LogP contribution in [-0.2, 0) is 9.59 Å². The first-order valence-electron chi connectivity index (χ1n) is 10.8. The molecular weight excluding hydrogens is 424 g/mol. The molecule has 168 valence electrons. The van der Waals surface area contributed by atoms with E-state index >= 15 is 0 Å². The van der Waals surface area contributed by atoms with Gasteiger partial charge in [-0.3, -0.25) is 9.59 Å². The topological polar surface area (TPSA) is 86.9 Å². The Labute approximate surface area is 198 Å². The average molecular weight is 449 g/mol. The lowest BCUT2D eigenvalue weighted by molar-refractivity contribution is -0.114. The van der Waals surface area contributed by atoms with Gasteiger partial charge in [0.25, 0.3) is 5.91 Å². The SMILES string of the molecule is CC(=O)Nc1ccc(-n2c(C)cc(C=C(C#N)C(=O)Nc3ccc4ccccc4c3)c2C)cc1. The molecule has 0 aliphatic heterocycles. The van der Waals surface area contributed by atoms with E-state index in [2.05, 4.69) is 10.6 Å². The van der Waals surface area contributed by atoms with E-state index in [1.165, 1.54) is 6.92 Å². The van der Waals surface area contributed by atoms with Crippen molar-refractivity contribution in [2.45, 2.75) is 20.8 Å². The fourth-order valence-corrected chi connectivity index (χ4v) is 4.00. The van der Waals surface area contributed by atoms with Crippen LogP contribution < -0.4 is 10.6 Å². The highest BCUT2D eigenvalue weighted by atomic mass is 16.2. The van der Waals surface area contributed by atoms with Crippen molar-refractivity contribution < 1.29 is 9.59 Å². The molecule has 1 aromatic heterocycles. The summed E-state index contributed by atoms with van der Waals surface area (Å²) in [5.41, 5.74) is 4.94. The Morgan fingerprint density at radius 3 is 2.24 bits per heavy atom. The number of nitriles is 1. The lowest BCUT2D eigenvalue weighted by Crippen LogP contribution is -2.13. The first kappa shape index (κ1) is 22.6. The molecule has 0 bridgehead atoms. The normalized spacial score (nSPS) is 11.2. The van der Waals surface area contributed by atoms with Crippen molar-refractivity contribution in [2.75, 3.05) is 10.6 Å². The van der Waals surface area contributed by atoms with Crippen LogP contribution in [0.2, 0.25) is 0 Å². The maximum Gasteiger partial charge on any atom is 0.266 e. The van der Waals surface area contributed by atoms with Crippen molar-refractivity contribution in [1.29, 1.82) is 5.26 Å². The molecule has 0 aliphatic carbocycles. The van der Waals surface area contributed by atoms with Gasteiger partial charge >= 0.3 is 0 Å². The van der Waals surface area contributed by atoms with Gasteiger partial charge in [0.2, 0.25) is 5.91 Å². The first-order chi connectivity index (χ1) is 16.4. The largest absolute Gasteiger partial charge is 0.326 e. The van der Waals surface area contributed by atoms with Gasteiger partial charge in [-0.25, -0.2) is 0 Å². The minimum Gasteiger partial charge on any atom is -0.326 e. The standard InChI is InChI=1S/C28H24N4O2/c1-18-14-23(19(2)32(18)27-12-10-25(11-13-27)30-20(3)33)15-24(17-29)28(34)31-26-9-8-21-6-4-5-7-22(21)16-26/h4-16H,1-3H3,(H,30,33)(H,31,34). The van der Waals surface area contributed by atoms with E-state index < -0.39 is 5.91 Å². The summed E-state index contributed by atoms with van der Waals surface area (Å²) in [7, 11) is 0. The zero-order chi connectivity index (χ0) is 24.2. The van der Waals surface area contributed by atoms with Crippen molar-refractivity contribution in [1.82, 2.24) is 4.57 Å². The molecule has 6 heteroatoms. The molecular formula is C28H24N4O2. The van der Waals surface area contributed by atoms with Crippen LogP contribution in [-0.4, -0.2) is 16.4 Å². The summed E-state index contributed by atoms with van der Waals surface area (Å²) in [6.07, 6.45) is 1.61. The second-order valence-electron chi connectivity index (χ2n) is 8.08. The quantitative estimate of drug-likeness (QED) is 0.301. The molecule has 4 aromatic rings. The van der Waals surface area contributed by atoms with E-state index in [1.807, 2.05) is 97.3 Å². The highest BCUT2D eigenvalue weighted by molar-refractivity contribution is 6.10. The van der Waals surface area contributed by atoms with Crippen molar-refractivity contribution >= 4 is 40.0 Å².